The molecule has 0 atom stereocenters. The van der Waals surface area contributed by atoms with Crippen molar-refractivity contribution < 1.29 is 14.0 Å². The van der Waals surface area contributed by atoms with Gasteiger partial charge in [-0.05, 0) is 42.8 Å². The monoisotopic (exact) mass is 344 g/mol. The maximum Gasteiger partial charge on any atom is 0.262 e. The summed E-state index contributed by atoms with van der Waals surface area (Å²) in [6, 6.07) is 13.5. The van der Waals surface area contributed by atoms with Crippen LogP contribution in [0.1, 0.15) is 11.1 Å². The molecule has 0 fully saturated rings. The van der Waals surface area contributed by atoms with Gasteiger partial charge in [0.15, 0.2) is 0 Å². The molecular formula is C18H17FN2O2S. The third kappa shape index (κ3) is 6.26. The van der Waals surface area contributed by atoms with Crippen molar-refractivity contribution in [2.75, 3.05) is 5.75 Å². The largest absolute Gasteiger partial charge is 0.272 e. The van der Waals surface area contributed by atoms with E-state index in [4.69, 9.17) is 0 Å². The summed E-state index contributed by atoms with van der Waals surface area (Å²) in [6.07, 6.45) is 2.79. The summed E-state index contributed by atoms with van der Waals surface area (Å²) in [7, 11) is 0. The van der Waals surface area contributed by atoms with Crippen LogP contribution in [-0.2, 0) is 9.59 Å². The second-order valence-electron chi connectivity index (χ2n) is 5.02. The average Bonchev–Trinajstić information content (AvgIpc) is 2.59. The number of hydrogen-bond donors (Lipinski definition) is 2. The van der Waals surface area contributed by atoms with E-state index in [1.807, 2.05) is 31.2 Å². The Hall–Kier alpha value is -2.60. The lowest BCUT2D eigenvalue weighted by molar-refractivity contribution is -0.125. The molecule has 0 saturated heterocycles. The summed E-state index contributed by atoms with van der Waals surface area (Å²) in [5.41, 5.74) is 6.48. The Morgan fingerprint density at radius 1 is 1.04 bits per heavy atom. The second kappa shape index (κ2) is 8.88. The fraction of sp³-hybridized carbons (Fsp3) is 0.111. The number of amides is 2. The molecule has 2 amide bonds. The first-order chi connectivity index (χ1) is 11.5. The highest BCUT2D eigenvalue weighted by molar-refractivity contribution is 8.00. The number of carbonyl (C=O) groups is 2. The number of hydrogen-bond acceptors (Lipinski definition) is 3. The SMILES string of the molecule is Cc1ccc(SCC(=O)NNC(=O)/C=C/c2ccc(F)cc2)cc1. The normalized spacial score (nSPS) is 10.6. The molecule has 2 N–H and O–H groups in total. The van der Waals surface area contributed by atoms with E-state index in [2.05, 4.69) is 10.9 Å². The van der Waals surface area contributed by atoms with Gasteiger partial charge in [0.1, 0.15) is 5.82 Å². The van der Waals surface area contributed by atoms with E-state index in [1.165, 1.54) is 36.0 Å². The van der Waals surface area contributed by atoms with Crippen molar-refractivity contribution in [3.05, 3.63) is 71.6 Å². The first kappa shape index (κ1) is 17.7. The summed E-state index contributed by atoms with van der Waals surface area (Å²) in [5, 5.41) is 0. The molecule has 4 nitrogen and oxygen atoms in total. The fourth-order valence-corrected chi connectivity index (χ4v) is 2.44. The Balaban J connectivity index is 1.71. The molecule has 0 aliphatic heterocycles. The number of thioether (sulfide) groups is 1. The second-order valence-corrected chi connectivity index (χ2v) is 6.07. The molecule has 0 spiro atoms. The fourth-order valence-electron chi connectivity index (χ4n) is 1.74. The van der Waals surface area contributed by atoms with Gasteiger partial charge >= 0.3 is 0 Å². The minimum Gasteiger partial charge on any atom is -0.272 e. The lowest BCUT2D eigenvalue weighted by Gasteiger charge is -2.05. The Labute approximate surface area is 144 Å². The van der Waals surface area contributed by atoms with Gasteiger partial charge < -0.3 is 0 Å². The summed E-state index contributed by atoms with van der Waals surface area (Å²) < 4.78 is 12.8. The van der Waals surface area contributed by atoms with Crippen LogP contribution in [-0.4, -0.2) is 17.6 Å². The van der Waals surface area contributed by atoms with Crippen molar-refractivity contribution in [2.45, 2.75) is 11.8 Å². The van der Waals surface area contributed by atoms with Crippen LogP contribution in [0, 0.1) is 12.7 Å². The molecule has 6 heteroatoms. The summed E-state index contributed by atoms with van der Waals surface area (Å²) in [4.78, 5) is 24.3. The van der Waals surface area contributed by atoms with Crippen molar-refractivity contribution in [3.63, 3.8) is 0 Å². The number of halogens is 1. The predicted molar refractivity (Wildman–Crippen MR) is 93.6 cm³/mol. The zero-order valence-electron chi connectivity index (χ0n) is 13.1. The number of carbonyl (C=O) groups excluding carboxylic acids is 2. The minimum atomic E-state index is -0.465. The molecule has 0 heterocycles. The lowest BCUT2D eigenvalue weighted by Crippen LogP contribution is -2.41. The Bertz CT molecular complexity index is 728. The first-order valence-electron chi connectivity index (χ1n) is 7.25. The van der Waals surface area contributed by atoms with Gasteiger partial charge in [-0.25, -0.2) is 4.39 Å². The standard InChI is InChI=1S/C18H17FN2O2S/c1-13-2-9-16(10-3-13)24-12-18(23)21-20-17(22)11-6-14-4-7-15(19)8-5-14/h2-11H,12H2,1H3,(H,20,22)(H,21,23)/b11-6+. The third-order valence-corrected chi connectivity index (χ3v) is 4.03. The van der Waals surface area contributed by atoms with E-state index in [-0.39, 0.29) is 17.5 Å². The lowest BCUT2D eigenvalue weighted by atomic mass is 10.2. The Kier molecular flexibility index (Phi) is 6.57. The maximum absolute atomic E-state index is 12.8. The van der Waals surface area contributed by atoms with Crippen molar-refractivity contribution in [3.8, 4) is 0 Å². The van der Waals surface area contributed by atoms with E-state index in [1.54, 1.807) is 12.1 Å². The van der Waals surface area contributed by atoms with Crippen LogP contribution in [0.4, 0.5) is 4.39 Å². The van der Waals surface area contributed by atoms with Crippen LogP contribution in [0.2, 0.25) is 0 Å². The van der Waals surface area contributed by atoms with E-state index < -0.39 is 5.91 Å². The molecule has 124 valence electrons. The molecular weight excluding hydrogens is 327 g/mol. The molecule has 0 saturated carbocycles. The molecule has 2 rings (SSSR count). The van der Waals surface area contributed by atoms with E-state index in [0.717, 1.165) is 10.5 Å². The number of aryl methyl sites for hydroxylation is 1. The smallest absolute Gasteiger partial charge is 0.262 e. The van der Waals surface area contributed by atoms with Crippen molar-refractivity contribution in [2.24, 2.45) is 0 Å². The van der Waals surface area contributed by atoms with Crippen LogP contribution in [0.5, 0.6) is 0 Å². The van der Waals surface area contributed by atoms with E-state index in [9.17, 15) is 14.0 Å². The van der Waals surface area contributed by atoms with Gasteiger partial charge in [-0.3, -0.25) is 20.4 Å². The topological polar surface area (TPSA) is 58.2 Å². The highest BCUT2D eigenvalue weighted by Crippen LogP contribution is 2.17. The van der Waals surface area contributed by atoms with Gasteiger partial charge in [-0.15, -0.1) is 11.8 Å². The van der Waals surface area contributed by atoms with Gasteiger partial charge in [-0.1, -0.05) is 29.8 Å². The van der Waals surface area contributed by atoms with Crippen LogP contribution in [0.25, 0.3) is 6.08 Å². The van der Waals surface area contributed by atoms with Gasteiger partial charge in [0, 0.05) is 11.0 Å². The third-order valence-electron chi connectivity index (χ3n) is 3.01. The molecule has 0 bridgehead atoms. The maximum atomic E-state index is 12.8. The van der Waals surface area contributed by atoms with Crippen LogP contribution < -0.4 is 10.9 Å². The molecule has 2 aromatic rings. The van der Waals surface area contributed by atoms with Gasteiger partial charge in [-0.2, -0.15) is 0 Å². The first-order valence-corrected chi connectivity index (χ1v) is 8.23. The Morgan fingerprint density at radius 3 is 2.38 bits per heavy atom. The molecule has 0 aromatic heterocycles. The highest BCUT2D eigenvalue weighted by atomic mass is 32.2. The number of benzene rings is 2. The molecule has 24 heavy (non-hydrogen) atoms. The molecule has 0 aliphatic carbocycles. The zero-order valence-corrected chi connectivity index (χ0v) is 13.9. The summed E-state index contributed by atoms with van der Waals surface area (Å²) >= 11 is 1.38. The number of nitrogens with one attached hydrogen (secondary N) is 2. The summed E-state index contributed by atoms with van der Waals surface area (Å²) in [5.74, 6) is -0.905. The van der Waals surface area contributed by atoms with Crippen LogP contribution in [0.3, 0.4) is 0 Å². The van der Waals surface area contributed by atoms with E-state index >= 15 is 0 Å². The zero-order chi connectivity index (χ0) is 17.4. The molecule has 0 aliphatic rings. The molecule has 0 radical (unpaired) electrons. The molecule has 0 unspecified atom stereocenters. The molecule has 2 aromatic carbocycles. The minimum absolute atomic E-state index is 0.199. The van der Waals surface area contributed by atoms with Gasteiger partial charge in [0.2, 0.25) is 5.91 Å². The quantitative estimate of drug-likeness (QED) is 0.498. The van der Waals surface area contributed by atoms with Gasteiger partial charge in [0.25, 0.3) is 5.91 Å². The highest BCUT2D eigenvalue weighted by Gasteiger charge is 2.03. The van der Waals surface area contributed by atoms with Crippen LogP contribution >= 0.6 is 11.8 Å². The Morgan fingerprint density at radius 2 is 1.71 bits per heavy atom. The predicted octanol–water partition coefficient (Wildman–Crippen LogP) is 3.09. The van der Waals surface area contributed by atoms with Crippen molar-refractivity contribution in [1.29, 1.82) is 0 Å². The van der Waals surface area contributed by atoms with Crippen LogP contribution in [0.15, 0.2) is 59.5 Å². The van der Waals surface area contributed by atoms with Gasteiger partial charge in [0.05, 0.1) is 5.75 Å². The van der Waals surface area contributed by atoms with Crippen molar-refractivity contribution in [1.82, 2.24) is 10.9 Å². The van der Waals surface area contributed by atoms with Crippen molar-refractivity contribution >= 4 is 29.7 Å². The average molecular weight is 344 g/mol. The van der Waals surface area contributed by atoms with E-state index in [0.29, 0.717) is 5.56 Å². The number of rotatable bonds is 5. The number of hydrazine groups is 1. The summed E-state index contributed by atoms with van der Waals surface area (Å²) in [6.45, 7) is 2.00.